The highest BCUT2D eigenvalue weighted by Crippen LogP contribution is 2.33. The van der Waals surface area contributed by atoms with E-state index in [0.717, 1.165) is 60.8 Å². The Morgan fingerprint density at radius 3 is 2.84 bits per heavy atom. The predicted octanol–water partition coefficient (Wildman–Crippen LogP) is 3.82. The van der Waals surface area contributed by atoms with Gasteiger partial charge in [-0.15, -0.1) is 0 Å². The molecule has 0 radical (unpaired) electrons. The van der Waals surface area contributed by atoms with Crippen molar-refractivity contribution in [3.05, 3.63) is 48.7 Å². The van der Waals surface area contributed by atoms with E-state index >= 15 is 0 Å². The zero-order chi connectivity index (χ0) is 17.1. The number of nitrogens with one attached hydrogen (secondary N) is 2. The molecule has 0 unspecified atom stereocenters. The zero-order valence-electron chi connectivity index (χ0n) is 14.7. The Kier molecular flexibility index (Phi) is 4.65. The Morgan fingerprint density at radius 1 is 1.20 bits per heavy atom. The summed E-state index contributed by atoms with van der Waals surface area (Å²) in [6, 6.07) is 10.9. The van der Waals surface area contributed by atoms with E-state index in [1.54, 1.807) is 0 Å². The molecule has 1 fully saturated rings. The summed E-state index contributed by atoms with van der Waals surface area (Å²) in [6.45, 7) is 4.27. The summed E-state index contributed by atoms with van der Waals surface area (Å²) in [5.41, 5.74) is 4.38. The van der Waals surface area contributed by atoms with Crippen LogP contribution in [0.1, 0.15) is 38.1 Å². The van der Waals surface area contributed by atoms with E-state index in [1.165, 1.54) is 6.42 Å². The van der Waals surface area contributed by atoms with Gasteiger partial charge in [-0.05, 0) is 19.4 Å². The van der Waals surface area contributed by atoms with Crippen molar-refractivity contribution >= 4 is 0 Å². The van der Waals surface area contributed by atoms with Crippen molar-refractivity contribution in [1.82, 2.24) is 24.8 Å². The number of unbranched alkanes of at least 4 members (excludes halogenated alkanes) is 1. The molecule has 5 nitrogen and oxygen atoms in total. The molecule has 0 aliphatic carbocycles. The number of aromatic nitrogens is 4. The standard InChI is InChI=1S/C20H25N5/c1-2-3-9-18-22-13-17(24-18)20-19(15-7-5-4-6-8-15)23-14-25(20)16-10-11-21-12-16/h4-8,13-14,16,21H,2-3,9-12H2,1H3,(H,22,24)/t16-/m0/s1. The normalized spacial score (nSPS) is 17.2. The highest BCUT2D eigenvalue weighted by atomic mass is 15.1. The molecule has 3 heterocycles. The lowest BCUT2D eigenvalue weighted by Gasteiger charge is -2.15. The largest absolute Gasteiger partial charge is 0.341 e. The monoisotopic (exact) mass is 335 g/mol. The third-order valence-corrected chi connectivity index (χ3v) is 4.92. The number of nitrogens with zero attached hydrogens (tertiary/aromatic N) is 3. The van der Waals surface area contributed by atoms with Crippen LogP contribution < -0.4 is 5.32 Å². The molecule has 1 atom stereocenters. The average Bonchev–Trinajstić information content (AvgIpc) is 3.39. The predicted molar refractivity (Wildman–Crippen MR) is 100 cm³/mol. The minimum atomic E-state index is 0.447. The van der Waals surface area contributed by atoms with E-state index < -0.39 is 0 Å². The lowest BCUT2D eigenvalue weighted by Crippen LogP contribution is -2.13. The maximum Gasteiger partial charge on any atom is 0.106 e. The van der Waals surface area contributed by atoms with Crippen LogP contribution in [0.2, 0.25) is 0 Å². The molecule has 25 heavy (non-hydrogen) atoms. The summed E-state index contributed by atoms with van der Waals surface area (Å²) in [7, 11) is 0. The fraction of sp³-hybridized carbons (Fsp3) is 0.400. The van der Waals surface area contributed by atoms with Gasteiger partial charge in [0.2, 0.25) is 0 Å². The SMILES string of the molecule is CCCCc1ncc(-c2c(-c3ccccc3)ncn2[C@H]2CCNC2)[nH]1. The first-order chi connectivity index (χ1) is 12.4. The molecule has 0 amide bonds. The van der Waals surface area contributed by atoms with Gasteiger partial charge in [-0.25, -0.2) is 9.97 Å². The summed E-state index contributed by atoms with van der Waals surface area (Å²) in [6.07, 6.45) is 8.42. The Labute approximate surface area is 148 Å². The third-order valence-electron chi connectivity index (χ3n) is 4.92. The van der Waals surface area contributed by atoms with E-state index in [1.807, 2.05) is 18.6 Å². The van der Waals surface area contributed by atoms with E-state index in [9.17, 15) is 0 Å². The number of H-pyrrole nitrogens is 1. The molecule has 5 heteroatoms. The maximum atomic E-state index is 4.77. The van der Waals surface area contributed by atoms with Gasteiger partial charge in [0.1, 0.15) is 5.82 Å². The molecular weight excluding hydrogens is 310 g/mol. The summed E-state index contributed by atoms with van der Waals surface area (Å²) in [4.78, 5) is 12.9. The first-order valence-electron chi connectivity index (χ1n) is 9.24. The number of benzene rings is 1. The van der Waals surface area contributed by atoms with Crippen LogP contribution in [-0.2, 0) is 6.42 Å². The summed E-state index contributed by atoms with van der Waals surface area (Å²) in [5, 5.41) is 3.46. The van der Waals surface area contributed by atoms with Gasteiger partial charge in [0.05, 0.1) is 29.6 Å². The lowest BCUT2D eigenvalue weighted by molar-refractivity contribution is 0.551. The van der Waals surface area contributed by atoms with Gasteiger partial charge in [-0.2, -0.15) is 0 Å². The van der Waals surface area contributed by atoms with Crippen molar-refractivity contribution in [3.63, 3.8) is 0 Å². The maximum absolute atomic E-state index is 4.77. The van der Waals surface area contributed by atoms with Crippen LogP contribution in [0.15, 0.2) is 42.9 Å². The molecule has 1 aliphatic heterocycles. The summed E-state index contributed by atoms with van der Waals surface area (Å²) in [5.74, 6) is 1.06. The minimum Gasteiger partial charge on any atom is -0.341 e. The van der Waals surface area contributed by atoms with Crippen LogP contribution >= 0.6 is 0 Å². The molecular formula is C20H25N5. The zero-order valence-corrected chi connectivity index (χ0v) is 14.7. The van der Waals surface area contributed by atoms with E-state index in [2.05, 4.69) is 51.0 Å². The van der Waals surface area contributed by atoms with Gasteiger partial charge >= 0.3 is 0 Å². The number of hydrogen-bond acceptors (Lipinski definition) is 3. The molecule has 1 aliphatic rings. The Morgan fingerprint density at radius 2 is 2.08 bits per heavy atom. The first kappa shape index (κ1) is 16.1. The van der Waals surface area contributed by atoms with E-state index in [0.29, 0.717) is 6.04 Å². The van der Waals surface area contributed by atoms with Crippen LogP contribution in [-0.4, -0.2) is 32.6 Å². The first-order valence-corrected chi connectivity index (χ1v) is 9.24. The second-order valence-corrected chi connectivity index (χ2v) is 6.71. The Balaban J connectivity index is 1.77. The highest BCUT2D eigenvalue weighted by molar-refractivity contribution is 5.76. The van der Waals surface area contributed by atoms with Crippen molar-refractivity contribution in [2.24, 2.45) is 0 Å². The molecule has 0 bridgehead atoms. The number of hydrogen-bond donors (Lipinski definition) is 2. The minimum absolute atomic E-state index is 0.447. The molecule has 4 rings (SSSR count). The van der Waals surface area contributed by atoms with Gasteiger partial charge < -0.3 is 14.9 Å². The molecule has 1 aromatic carbocycles. The second kappa shape index (κ2) is 7.23. The second-order valence-electron chi connectivity index (χ2n) is 6.71. The molecule has 130 valence electrons. The molecule has 3 aromatic rings. The quantitative estimate of drug-likeness (QED) is 0.720. The average molecular weight is 335 g/mol. The van der Waals surface area contributed by atoms with E-state index in [-0.39, 0.29) is 0 Å². The molecule has 0 spiro atoms. The van der Waals surface area contributed by atoms with Crippen molar-refractivity contribution in [1.29, 1.82) is 0 Å². The number of aromatic amines is 1. The van der Waals surface area contributed by atoms with Gasteiger partial charge in [-0.3, -0.25) is 0 Å². The topological polar surface area (TPSA) is 58.5 Å². The van der Waals surface area contributed by atoms with Crippen LogP contribution in [0.5, 0.6) is 0 Å². The van der Waals surface area contributed by atoms with Crippen LogP contribution in [0.25, 0.3) is 22.6 Å². The van der Waals surface area contributed by atoms with Gasteiger partial charge in [0, 0.05) is 24.6 Å². The summed E-state index contributed by atoms with van der Waals surface area (Å²) >= 11 is 0. The van der Waals surface area contributed by atoms with Gasteiger partial charge in [0.15, 0.2) is 0 Å². The fourth-order valence-corrected chi connectivity index (χ4v) is 3.54. The number of aryl methyl sites for hydroxylation is 1. The Bertz CT molecular complexity index is 812. The summed E-state index contributed by atoms with van der Waals surface area (Å²) < 4.78 is 2.32. The van der Waals surface area contributed by atoms with Gasteiger partial charge in [0.25, 0.3) is 0 Å². The highest BCUT2D eigenvalue weighted by Gasteiger charge is 2.24. The van der Waals surface area contributed by atoms with Crippen molar-refractivity contribution in [2.75, 3.05) is 13.1 Å². The van der Waals surface area contributed by atoms with Crippen LogP contribution in [0.4, 0.5) is 0 Å². The fourth-order valence-electron chi connectivity index (χ4n) is 3.54. The molecule has 2 aromatic heterocycles. The van der Waals surface area contributed by atoms with Crippen molar-refractivity contribution in [3.8, 4) is 22.6 Å². The Hall–Kier alpha value is -2.40. The molecule has 1 saturated heterocycles. The van der Waals surface area contributed by atoms with Crippen LogP contribution in [0, 0.1) is 0 Å². The van der Waals surface area contributed by atoms with E-state index in [4.69, 9.17) is 4.98 Å². The number of imidazole rings is 2. The van der Waals surface area contributed by atoms with Crippen molar-refractivity contribution in [2.45, 2.75) is 38.6 Å². The molecule has 0 saturated carbocycles. The number of rotatable bonds is 6. The van der Waals surface area contributed by atoms with Crippen LogP contribution in [0.3, 0.4) is 0 Å². The molecule has 2 N–H and O–H groups in total. The smallest absolute Gasteiger partial charge is 0.106 e. The van der Waals surface area contributed by atoms with Gasteiger partial charge in [-0.1, -0.05) is 43.7 Å². The third kappa shape index (κ3) is 3.24. The van der Waals surface area contributed by atoms with Crippen molar-refractivity contribution < 1.29 is 0 Å². The lowest BCUT2D eigenvalue weighted by atomic mass is 10.1.